The van der Waals surface area contributed by atoms with E-state index in [0.29, 0.717) is 0 Å². The van der Waals surface area contributed by atoms with Crippen molar-refractivity contribution in [1.82, 2.24) is 9.78 Å². The van der Waals surface area contributed by atoms with Crippen LogP contribution in [0.3, 0.4) is 0 Å². The fourth-order valence-corrected chi connectivity index (χ4v) is 3.32. The highest BCUT2D eigenvalue weighted by Crippen LogP contribution is 2.31. The van der Waals surface area contributed by atoms with Crippen LogP contribution in [0, 0.1) is 12.3 Å². The second-order valence-corrected chi connectivity index (χ2v) is 6.65. The molecule has 134 valence electrons. The van der Waals surface area contributed by atoms with Crippen LogP contribution in [0.5, 0.6) is 0 Å². The molecule has 0 spiro atoms. The van der Waals surface area contributed by atoms with Crippen molar-refractivity contribution < 1.29 is 10.7 Å². The lowest BCUT2D eigenvalue weighted by atomic mass is 10.1. The number of quaternary nitrogens is 1. The maximum absolute atomic E-state index is 9.34. The van der Waals surface area contributed by atoms with Gasteiger partial charge in [-0.2, -0.15) is 10.6 Å². The molecular formula is C18H21N6OS+. The highest BCUT2D eigenvalue weighted by molar-refractivity contribution is 8.00. The third kappa shape index (κ3) is 4.05. The van der Waals surface area contributed by atoms with Crippen LogP contribution < -0.4 is 15.5 Å². The van der Waals surface area contributed by atoms with Gasteiger partial charge in [0.15, 0.2) is 5.69 Å². The molecule has 0 amide bonds. The maximum atomic E-state index is 9.34. The number of nitrogens with two attached hydrogens (primary N) is 1. The number of anilines is 3. The summed E-state index contributed by atoms with van der Waals surface area (Å²) in [6.07, 6.45) is 4.95. The zero-order chi connectivity index (χ0) is 18.5. The summed E-state index contributed by atoms with van der Waals surface area (Å²) >= 11 is 1.43. The molecule has 0 saturated heterocycles. The third-order valence-electron chi connectivity index (χ3n) is 3.86. The lowest BCUT2D eigenvalue weighted by molar-refractivity contribution is -0.827. The summed E-state index contributed by atoms with van der Waals surface area (Å²) in [6, 6.07) is 11.5. The van der Waals surface area contributed by atoms with Crippen LogP contribution in [0.2, 0.25) is 0 Å². The molecule has 7 nitrogen and oxygen atoms in total. The van der Waals surface area contributed by atoms with Gasteiger partial charge in [0.2, 0.25) is 0 Å². The van der Waals surface area contributed by atoms with E-state index < -0.39 is 0 Å². The number of aryl methyl sites for hydroxylation is 2. The van der Waals surface area contributed by atoms with E-state index in [4.69, 9.17) is 5.41 Å². The van der Waals surface area contributed by atoms with E-state index in [0.717, 1.165) is 44.3 Å². The molecule has 0 aliphatic heterocycles. The second-order valence-electron chi connectivity index (χ2n) is 5.80. The second kappa shape index (κ2) is 8.05. The van der Waals surface area contributed by atoms with Crippen LogP contribution in [-0.2, 0) is 7.05 Å². The Kier molecular flexibility index (Phi) is 5.57. The zero-order valence-electron chi connectivity index (χ0n) is 14.5. The fraction of sp³-hybridized carbons (Fsp3) is 0.111. The molecular weight excluding hydrogens is 348 g/mol. The van der Waals surface area contributed by atoms with Gasteiger partial charge in [-0.3, -0.25) is 4.68 Å². The van der Waals surface area contributed by atoms with Crippen LogP contribution in [0.15, 0.2) is 53.7 Å². The van der Waals surface area contributed by atoms with Crippen molar-refractivity contribution >= 4 is 40.9 Å². The quantitative estimate of drug-likeness (QED) is 0.190. The first-order chi connectivity index (χ1) is 12.6. The number of hydrogen-bond donors (Lipinski definition) is 5. The minimum atomic E-state index is 0.757. The average molecular weight is 369 g/mol. The van der Waals surface area contributed by atoms with E-state index in [-0.39, 0.29) is 0 Å². The van der Waals surface area contributed by atoms with E-state index in [1.807, 2.05) is 56.6 Å². The summed E-state index contributed by atoms with van der Waals surface area (Å²) in [4.78, 5) is 0.923. The SMILES string of the molecule is Cc1cc(C=N)c(Nc2cnn(C)c2)cc1NSc1ccccc1[NH2+]O. The third-order valence-corrected chi connectivity index (χ3v) is 4.78. The number of benzene rings is 2. The molecule has 6 N–H and O–H groups in total. The van der Waals surface area contributed by atoms with Crippen LogP contribution in [0.4, 0.5) is 22.7 Å². The normalized spacial score (nSPS) is 10.6. The summed E-state index contributed by atoms with van der Waals surface area (Å²) in [7, 11) is 1.86. The molecule has 8 heteroatoms. The van der Waals surface area contributed by atoms with Crippen molar-refractivity contribution in [3.8, 4) is 0 Å². The van der Waals surface area contributed by atoms with Crippen molar-refractivity contribution in [2.45, 2.75) is 11.8 Å². The van der Waals surface area contributed by atoms with Crippen LogP contribution in [0.1, 0.15) is 11.1 Å². The monoisotopic (exact) mass is 369 g/mol. The van der Waals surface area contributed by atoms with Gasteiger partial charge < -0.3 is 15.4 Å². The highest BCUT2D eigenvalue weighted by Gasteiger charge is 2.10. The van der Waals surface area contributed by atoms with Crippen molar-refractivity contribution in [2.75, 3.05) is 10.0 Å². The van der Waals surface area contributed by atoms with Gasteiger partial charge >= 0.3 is 0 Å². The summed E-state index contributed by atoms with van der Waals surface area (Å²) < 4.78 is 5.06. The largest absolute Gasteiger partial charge is 0.352 e. The van der Waals surface area contributed by atoms with Gasteiger partial charge in [0.25, 0.3) is 0 Å². The smallest absolute Gasteiger partial charge is 0.177 e. The average Bonchev–Trinajstić information content (AvgIpc) is 3.06. The standard InChI is InChI=1S/C18H20N6OS/c1-12-7-13(9-19)17(21-14-10-20-24(2)11-14)8-16(12)23-26-18-6-4-3-5-15(18)22-25/h3-11,19,21-23,25H,1-2H3/p+1. The Morgan fingerprint density at radius 2 is 2.08 bits per heavy atom. The first-order valence-corrected chi connectivity index (χ1v) is 8.82. The van der Waals surface area contributed by atoms with E-state index in [1.165, 1.54) is 18.2 Å². The summed E-state index contributed by atoms with van der Waals surface area (Å²) in [5.41, 5.74) is 6.29. The minimum absolute atomic E-state index is 0.757. The molecule has 0 saturated carbocycles. The van der Waals surface area contributed by atoms with E-state index in [9.17, 15) is 5.21 Å². The van der Waals surface area contributed by atoms with Gasteiger partial charge in [0.1, 0.15) is 0 Å². The molecule has 26 heavy (non-hydrogen) atoms. The van der Waals surface area contributed by atoms with Gasteiger partial charge in [-0.1, -0.05) is 12.1 Å². The first kappa shape index (κ1) is 18.0. The first-order valence-electron chi connectivity index (χ1n) is 8.01. The molecule has 1 aromatic heterocycles. The van der Waals surface area contributed by atoms with E-state index in [1.54, 1.807) is 10.9 Å². The Hall–Kier alpha value is -2.81. The molecule has 0 aliphatic carbocycles. The number of para-hydroxylation sites is 1. The predicted octanol–water partition coefficient (Wildman–Crippen LogP) is 3.17. The van der Waals surface area contributed by atoms with Crippen molar-refractivity contribution in [2.24, 2.45) is 7.05 Å². The van der Waals surface area contributed by atoms with Gasteiger partial charge in [-0.05, 0) is 42.6 Å². The lowest BCUT2D eigenvalue weighted by Crippen LogP contribution is -2.74. The van der Waals surface area contributed by atoms with Gasteiger partial charge in [-0.25, -0.2) is 5.21 Å². The van der Waals surface area contributed by atoms with Crippen molar-refractivity contribution in [3.05, 3.63) is 59.9 Å². The maximum Gasteiger partial charge on any atom is 0.177 e. The Labute approximate surface area is 156 Å². The van der Waals surface area contributed by atoms with E-state index in [2.05, 4.69) is 15.1 Å². The van der Waals surface area contributed by atoms with Crippen LogP contribution in [0.25, 0.3) is 0 Å². The van der Waals surface area contributed by atoms with Crippen molar-refractivity contribution in [3.63, 3.8) is 0 Å². The molecule has 0 bridgehead atoms. The number of aromatic nitrogens is 2. The minimum Gasteiger partial charge on any atom is -0.352 e. The zero-order valence-corrected chi connectivity index (χ0v) is 15.3. The molecule has 0 unspecified atom stereocenters. The van der Waals surface area contributed by atoms with Gasteiger partial charge in [0, 0.05) is 42.5 Å². The predicted molar refractivity (Wildman–Crippen MR) is 105 cm³/mol. The van der Waals surface area contributed by atoms with Crippen LogP contribution in [-0.4, -0.2) is 21.2 Å². The highest BCUT2D eigenvalue weighted by atomic mass is 32.2. The Balaban J connectivity index is 1.84. The molecule has 0 radical (unpaired) electrons. The van der Waals surface area contributed by atoms with Crippen molar-refractivity contribution in [1.29, 1.82) is 5.41 Å². The molecule has 3 rings (SSSR count). The van der Waals surface area contributed by atoms with Gasteiger partial charge in [-0.15, -0.1) is 0 Å². The van der Waals surface area contributed by atoms with Crippen LogP contribution >= 0.6 is 11.9 Å². The topological polar surface area (TPSA) is 103 Å². The fourth-order valence-electron chi connectivity index (χ4n) is 2.50. The molecule has 1 heterocycles. The Morgan fingerprint density at radius 3 is 2.77 bits per heavy atom. The van der Waals surface area contributed by atoms with E-state index >= 15 is 0 Å². The summed E-state index contributed by atoms with van der Waals surface area (Å²) in [6.45, 7) is 1.99. The number of hydrogen-bond acceptors (Lipinski definition) is 6. The molecule has 0 fully saturated rings. The van der Waals surface area contributed by atoms with Gasteiger partial charge in [0.05, 0.1) is 16.8 Å². The summed E-state index contributed by atoms with van der Waals surface area (Å²) in [5, 5.41) is 24.5. The Bertz CT molecular complexity index is 924. The number of nitrogens with zero attached hydrogens (tertiary/aromatic N) is 2. The number of nitrogens with one attached hydrogen (secondary N) is 3. The number of rotatable bonds is 7. The molecule has 0 atom stereocenters. The molecule has 0 aliphatic rings. The lowest BCUT2D eigenvalue weighted by Gasteiger charge is -2.14. The molecule has 2 aromatic carbocycles. The Morgan fingerprint density at radius 1 is 1.27 bits per heavy atom. The summed E-state index contributed by atoms with van der Waals surface area (Å²) in [5.74, 6) is 0. The molecule has 3 aromatic rings.